The van der Waals surface area contributed by atoms with Gasteiger partial charge in [-0.3, -0.25) is 14.6 Å². The molecule has 34 heavy (non-hydrogen) atoms. The summed E-state index contributed by atoms with van der Waals surface area (Å²) in [5, 5.41) is 0. The van der Waals surface area contributed by atoms with Crippen molar-refractivity contribution in [2.45, 2.75) is 57.9 Å². The maximum atomic E-state index is 12.8. The number of carbonyl (C=O) groups excluding carboxylic acids is 2. The zero-order valence-corrected chi connectivity index (χ0v) is 20.7. The molecule has 3 heterocycles. The van der Waals surface area contributed by atoms with Gasteiger partial charge < -0.3 is 15.5 Å². The van der Waals surface area contributed by atoms with Gasteiger partial charge in [-0.15, -0.1) is 0 Å². The summed E-state index contributed by atoms with van der Waals surface area (Å²) in [7, 11) is 0. The van der Waals surface area contributed by atoms with Crippen LogP contribution >= 0.6 is 12.2 Å². The first kappa shape index (κ1) is 24.3. The molecule has 3 aliphatic rings. The van der Waals surface area contributed by atoms with Gasteiger partial charge in [0.1, 0.15) is 4.99 Å². The Labute approximate surface area is 207 Å². The molecule has 1 saturated carbocycles. The molecule has 2 aromatic rings. The molecule has 5 rings (SSSR count). The van der Waals surface area contributed by atoms with Gasteiger partial charge in [-0.2, -0.15) is 0 Å². The number of carbonyl (C=O) groups is 2. The van der Waals surface area contributed by atoms with Gasteiger partial charge in [0.2, 0.25) is 11.8 Å². The van der Waals surface area contributed by atoms with Crippen LogP contribution in [0.4, 0.5) is 0 Å². The van der Waals surface area contributed by atoms with E-state index in [-0.39, 0.29) is 30.3 Å². The summed E-state index contributed by atoms with van der Waals surface area (Å²) in [6, 6.07) is 12.2. The van der Waals surface area contributed by atoms with Crippen LogP contribution in [0.2, 0.25) is 0 Å². The molecule has 1 saturated heterocycles. The first-order valence-electron chi connectivity index (χ1n) is 12.4. The zero-order valence-electron chi connectivity index (χ0n) is 19.9. The minimum atomic E-state index is 0.0498. The summed E-state index contributed by atoms with van der Waals surface area (Å²) in [5.74, 6) is 0.461. The fraction of sp³-hybridized carbons (Fsp3) is 0.481. The first-order chi connectivity index (χ1) is 16.5. The van der Waals surface area contributed by atoms with Crippen molar-refractivity contribution in [1.29, 1.82) is 0 Å². The second kappa shape index (κ2) is 11.1. The summed E-state index contributed by atoms with van der Waals surface area (Å²) in [5.41, 5.74) is 9.92. The van der Waals surface area contributed by atoms with Gasteiger partial charge >= 0.3 is 0 Å². The number of benzene rings is 1. The molecule has 2 fully saturated rings. The van der Waals surface area contributed by atoms with E-state index in [9.17, 15) is 9.59 Å². The van der Waals surface area contributed by atoms with E-state index in [1.54, 1.807) is 6.20 Å². The Balaban J connectivity index is 0.000000210. The molecule has 0 radical (unpaired) electrons. The largest absolute Gasteiger partial charge is 0.389 e. The minimum Gasteiger partial charge on any atom is -0.389 e. The third-order valence-electron chi connectivity index (χ3n) is 7.18. The third kappa shape index (κ3) is 5.46. The average molecular weight is 479 g/mol. The lowest BCUT2D eigenvalue weighted by molar-refractivity contribution is -0.152. The predicted molar refractivity (Wildman–Crippen MR) is 137 cm³/mol. The number of hydrogen-bond acceptors (Lipinski definition) is 4. The molecule has 6 nitrogen and oxygen atoms in total. The fourth-order valence-electron chi connectivity index (χ4n) is 5.27. The maximum absolute atomic E-state index is 12.8. The van der Waals surface area contributed by atoms with E-state index in [1.807, 2.05) is 34.9 Å². The SMILES string of the molecule is CCc1cc(C(N)=S)ccn1.O=C(C1CCCCC1)N1CC(=O)N2CCc3ccccc3C2C1. The van der Waals surface area contributed by atoms with Crippen LogP contribution in [-0.4, -0.2) is 51.2 Å². The molecule has 1 aromatic heterocycles. The van der Waals surface area contributed by atoms with Crippen molar-refractivity contribution in [1.82, 2.24) is 14.8 Å². The number of nitrogens with two attached hydrogens (primary N) is 1. The molecule has 0 bridgehead atoms. The molecule has 0 spiro atoms. The van der Waals surface area contributed by atoms with Crippen molar-refractivity contribution in [2.24, 2.45) is 11.7 Å². The van der Waals surface area contributed by atoms with E-state index in [0.29, 0.717) is 11.5 Å². The number of hydrogen-bond donors (Lipinski definition) is 1. The molecule has 180 valence electrons. The normalized spacial score (nSPS) is 20.0. The Morgan fingerprint density at radius 2 is 1.94 bits per heavy atom. The number of rotatable bonds is 3. The molecule has 1 aliphatic carbocycles. The van der Waals surface area contributed by atoms with Crippen LogP contribution in [-0.2, 0) is 22.4 Å². The number of aryl methyl sites for hydroxylation is 1. The summed E-state index contributed by atoms with van der Waals surface area (Å²) < 4.78 is 0. The van der Waals surface area contributed by atoms with Gasteiger partial charge in [0, 0.05) is 36.5 Å². The summed E-state index contributed by atoms with van der Waals surface area (Å²) in [4.78, 5) is 33.8. The Morgan fingerprint density at radius 3 is 2.68 bits per heavy atom. The van der Waals surface area contributed by atoms with Crippen LogP contribution in [0, 0.1) is 5.92 Å². The van der Waals surface area contributed by atoms with E-state index >= 15 is 0 Å². The van der Waals surface area contributed by atoms with Gasteiger partial charge in [0.15, 0.2) is 0 Å². The van der Waals surface area contributed by atoms with Crippen molar-refractivity contribution >= 4 is 29.0 Å². The van der Waals surface area contributed by atoms with Crippen LogP contribution < -0.4 is 5.73 Å². The van der Waals surface area contributed by atoms with Crippen molar-refractivity contribution in [2.75, 3.05) is 19.6 Å². The second-order valence-electron chi connectivity index (χ2n) is 9.36. The third-order valence-corrected chi connectivity index (χ3v) is 7.42. The van der Waals surface area contributed by atoms with Crippen LogP contribution in [0.25, 0.3) is 0 Å². The van der Waals surface area contributed by atoms with Crippen molar-refractivity contribution in [3.63, 3.8) is 0 Å². The van der Waals surface area contributed by atoms with Crippen LogP contribution in [0.1, 0.15) is 67.5 Å². The standard InChI is InChI=1S/C19H24N2O2.C8H10N2S/c22-18-13-20(19(23)15-7-2-1-3-8-15)12-17-16-9-5-4-6-14(16)10-11-21(17)18;1-2-7-5-6(8(9)11)3-4-10-7/h4-6,9,15,17H,1-3,7-8,10-13H2;3-5H,2H2,1H3,(H2,9,11). The van der Waals surface area contributed by atoms with E-state index < -0.39 is 0 Å². The summed E-state index contributed by atoms with van der Waals surface area (Å²) >= 11 is 4.82. The minimum absolute atomic E-state index is 0.0498. The second-order valence-corrected chi connectivity index (χ2v) is 9.80. The number of pyridine rings is 1. The van der Waals surface area contributed by atoms with Gasteiger partial charge in [0.25, 0.3) is 0 Å². The highest BCUT2D eigenvalue weighted by atomic mass is 32.1. The van der Waals surface area contributed by atoms with Crippen LogP contribution in [0.5, 0.6) is 0 Å². The highest BCUT2D eigenvalue weighted by Crippen LogP contribution is 2.34. The molecule has 2 aliphatic heterocycles. The van der Waals surface area contributed by atoms with Crippen LogP contribution in [0.3, 0.4) is 0 Å². The lowest BCUT2D eigenvalue weighted by atomic mass is 9.87. The average Bonchev–Trinajstić information content (AvgIpc) is 2.89. The number of nitrogens with zero attached hydrogens (tertiary/aromatic N) is 3. The highest BCUT2D eigenvalue weighted by Gasteiger charge is 2.39. The topological polar surface area (TPSA) is 79.5 Å². The Hall–Kier alpha value is -2.80. The predicted octanol–water partition coefficient (Wildman–Crippen LogP) is 3.81. The van der Waals surface area contributed by atoms with Crippen LogP contribution in [0.15, 0.2) is 42.6 Å². The zero-order chi connectivity index (χ0) is 24.1. The quantitative estimate of drug-likeness (QED) is 0.679. The van der Waals surface area contributed by atoms with Crippen molar-refractivity contribution in [3.05, 3.63) is 65.0 Å². The van der Waals surface area contributed by atoms with E-state index in [0.717, 1.165) is 56.3 Å². The van der Waals surface area contributed by atoms with Gasteiger partial charge in [-0.25, -0.2) is 0 Å². The molecule has 1 unspecified atom stereocenters. The summed E-state index contributed by atoms with van der Waals surface area (Å²) in [6.07, 6.45) is 9.10. The monoisotopic (exact) mass is 478 g/mol. The first-order valence-corrected chi connectivity index (χ1v) is 12.8. The number of thiocarbonyl (C=S) groups is 1. The molecular weight excluding hydrogens is 444 g/mol. The smallest absolute Gasteiger partial charge is 0.242 e. The fourth-order valence-corrected chi connectivity index (χ4v) is 5.40. The molecule has 1 atom stereocenters. The van der Waals surface area contributed by atoms with Gasteiger partial charge in [-0.1, -0.05) is 62.7 Å². The van der Waals surface area contributed by atoms with Gasteiger partial charge in [0.05, 0.1) is 12.6 Å². The molecule has 7 heteroatoms. The Morgan fingerprint density at radius 1 is 1.18 bits per heavy atom. The molecule has 2 N–H and O–H groups in total. The highest BCUT2D eigenvalue weighted by molar-refractivity contribution is 7.80. The molecule has 2 amide bonds. The molecular formula is C27H34N4O2S. The molecule has 1 aromatic carbocycles. The van der Waals surface area contributed by atoms with Crippen molar-refractivity contribution in [3.8, 4) is 0 Å². The lowest BCUT2D eigenvalue weighted by Gasteiger charge is -2.45. The van der Waals surface area contributed by atoms with Gasteiger partial charge in [-0.05, 0) is 48.9 Å². The number of aromatic nitrogens is 1. The number of fused-ring (bicyclic) bond motifs is 3. The summed E-state index contributed by atoms with van der Waals surface area (Å²) in [6.45, 7) is 3.77. The maximum Gasteiger partial charge on any atom is 0.242 e. The number of amides is 2. The van der Waals surface area contributed by atoms with E-state index in [2.05, 4.69) is 23.2 Å². The Kier molecular flexibility index (Phi) is 7.93. The lowest BCUT2D eigenvalue weighted by Crippen LogP contribution is -2.56. The van der Waals surface area contributed by atoms with E-state index in [1.165, 1.54) is 17.5 Å². The van der Waals surface area contributed by atoms with Crippen molar-refractivity contribution < 1.29 is 9.59 Å². The van der Waals surface area contributed by atoms with E-state index in [4.69, 9.17) is 18.0 Å². The number of piperazine rings is 1. The Bertz CT molecular complexity index is 1050.